The van der Waals surface area contributed by atoms with Crippen molar-refractivity contribution in [2.45, 2.75) is 38.4 Å². The average Bonchev–Trinajstić information content (AvgIpc) is 2.62. The summed E-state index contributed by atoms with van der Waals surface area (Å²) in [6.45, 7) is 3.85. The van der Waals surface area contributed by atoms with Crippen molar-refractivity contribution < 1.29 is 9.47 Å². The van der Waals surface area contributed by atoms with E-state index in [4.69, 9.17) is 9.47 Å². The molecule has 1 saturated carbocycles. The molecule has 0 radical (unpaired) electrons. The SMILES string of the molecule is CCC1CCC2(C1)OCCO2. The Labute approximate surface area is 67.9 Å². The standard InChI is InChI=1S/C9H16O2/c1-2-8-3-4-9(7-8)10-5-6-11-9/h8H,2-7H2,1H3. The second-order valence-electron chi connectivity index (χ2n) is 3.62. The first-order valence-corrected chi connectivity index (χ1v) is 4.62. The van der Waals surface area contributed by atoms with Gasteiger partial charge in [0, 0.05) is 12.8 Å². The molecule has 11 heavy (non-hydrogen) atoms. The minimum atomic E-state index is -0.138. The Morgan fingerprint density at radius 3 is 2.64 bits per heavy atom. The van der Waals surface area contributed by atoms with E-state index in [2.05, 4.69) is 6.92 Å². The number of ether oxygens (including phenoxy) is 2. The fraction of sp³-hybridized carbons (Fsp3) is 1.00. The molecule has 1 aliphatic heterocycles. The predicted octanol–water partition coefficient (Wildman–Crippen LogP) is 1.94. The molecule has 64 valence electrons. The molecular formula is C9H16O2. The molecule has 0 bridgehead atoms. The van der Waals surface area contributed by atoms with Crippen molar-refractivity contribution in [3.63, 3.8) is 0 Å². The minimum absolute atomic E-state index is 0.138. The highest BCUT2D eigenvalue weighted by Gasteiger charge is 2.43. The second-order valence-corrected chi connectivity index (χ2v) is 3.62. The van der Waals surface area contributed by atoms with Crippen molar-refractivity contribution in [3.05, 3.63) is 0 Å². The van der Waals surface area contributed by atoms with Crippen LogP contribution < -0.4 is 0 Å². The van der Waals surface area contributed by atoms with Crippen molar-refractivity contribution >= 4 is 0 Å². The van der Waals surface area contributed by atoms with Crippen LogP contribution in [0.15, 0.2) is 0 Å². The number of hydrogen-bond donors (Lipinski definition) is 0. The molecular weight excluding hydrogens is 140 g/mol. The van der Waals surface area contributed by atoms with E-state index in [0.717, 1.165) is 32.0 Å². The van der Waals surface area contributed by atoms with Crippen molar-refractivity contribution in [2.24, 2.45) is 5.92 Å². The van der Waals surface area contributed by atoms with E-state index in [1.807, 2.05) is 0 Å². The van der Waals surface area contributed by atoms with Gasteiger partial charge in [0.25, 0.3) is 0 Å². The zero-order valence-electron chi connectivity index (χ0n) is 7.14. The van der Waals surface area contributed by atoms with Crippen LogP contribution in [0.5, 0.6) is 0 Å². The van der Waals surface area contributed by atoms with Gasteiger partial charge in [-0.25, -0.2) is 0 Å². The van der Waals surface area contributed by atoms with Crippen molar-refractivity contribution in [1.82, 2.24) is 0 Å². The monoisotopic (exact) mass is 156 g/mol. The highest BCUT2D eigenvalue weighted by molar-refractivity contribution is 4.85. The minimum Gasteiger partial charge on any atom is -0.348 e. The number of hydrogen-bond acceptors (Lipinski definition) is 2. The molecule has 2 fully saturated rings. The van der Waals surface area contributed by atoms with Crippen LogP contribution in [0, 0.1) is 5.92 Å². The summed E-state index contributed by atoms with van der Waals surface area (Å²) in [4.78, 5) is 0. The summed E-state index contributed by atoms with van der Waals surface area (Å²) in [5, 5.41) is 0. The van der Waals surface area contributed by atoms with Gasteiger partial charge in [0.15, 0.2) is 5.79 Å². The Kier molecular flexibility index (Phi) is 1.90. The third-order valence-corrected chi connectivity index (χ3v) is 2.92. The van der Waals surface area contributed by atoms with E-state index in [1.165, 1.54) is 12.8 Å². The Hall–Kier alpha value is -0.0800. The van der Waals surface area contributed by atoms with Crippen LogP contribution in [0.2, 0.25) is 0 Å². The smallest absolute Gasteiger partial charge is 0.168 e. The Morgan fingerprint density at radius 2 is 2.09 bits per heavy atom. The molecule has 0 N–H and O–H groups in total. The molecule has 1 unspecified atom stereocenters. The third-order valence-electron chi connectivity index (χ3n) is 2.92. The van der Waals surface area contributed by atoms with E-state index in [0.29, 0.717) is 0 Å². The topological polar surface area (TPSA) is 18.5 Å². The van der Waals surface area contributed by atoms with Gasteiger partial charge in [0.2, 0.25) is 0 Å². The molecule has 2 nitrogen and oxygen atoms in total. The summed E-state index contributed by atoms with van der Waals surface area (Å²) in [5.74, 6) is 0.703. The number of rotatable bonds is 1. The first kappa shape index (κ1) is 7.56. The maximum absolute atomic E-state index is 5.61. The van der Waals surface area contributed by atoms with Crippen LogP contribution >= 0.6 is 0 Å². The van der Waals surface area contributed by atoms with Gasteiger partial charge in [-0.15, -0.1) is 0 Å². The van der Waals surface area contributed by atoms with Gasteiger partial charge in [-0.05, 0) is 12.3 Å². The zero-order chi connectivity index (χ0) is 7.73. The maximum atomic E-state index is 5.61. The van der Waals surface area contributed by atoms with Gasteiger partial charge in [0.05, 0.1) is 13.2 Å². The fourth-order valence-electron chi connectivity index (χ4n) is 2.18. The van der Waals surface area contributed by atoms with Crippen LogP contribution in [0.25, 0.3) is 0 Å². The molecule has 0 amide bonds. The predicted molar refractivity (Wildman–Crippen MR) is 42.3 cm³/mol. The maximum Gasteiger partial charge on any atom is 0.168 e. The highest BCUT2D eigenvalue weighted by atomic mass is 16.7. The summed E-state index contributed by atoms with van der Waals surface area (Å²) in [6.07, 6.45) is 4.81. The molecule has 1 atom stereocenters. The summed E-state index contributed by atoms with van der Waals surface area (Å²) >= 11 is 0. The molecule has 1 saturated heterocycles. The van der Waals surface area contributed by atoms with E-state index in [-0.39, 0.29) is 5.79 Å². The lowest BCUT2D eigenvalue weighted by atomic mass is 10.1. The highest BCUT2D eigenvalue weighted by Crippen LogP contribution is 2.41. The summed E-state index contributed by atoms with van der Waals surface area (Å²) in [6, 6.07) is 0. The van der Waals surface area contributed by atoms with Crippen molar-refractivity contribution in [3.8, 4) is 0 Å². The van der Waals surface area contributed by atoms with Gasteiger partial charge in [-0.1, -0.05) is 13.3 Å². The van der Waals surface area contributed by atoms with Crippen LogP contribution in [0.1, 0.15) is 32.6 Å². The van der Waals surface area contributed by atoms with Crippen LogP contribution in [0.3, 0.4) is 0 Å². The normalized spacial score (nSPS) is 35.2. The Balaban J connectivity index is 1.96. The molecule has 2 heteroatoms. The van der Waals surface area contributed by atoms with E-state index < -0.39 is 0 Å². The molecule has 1 heterocycles. The molecule has 0 aromatic rings. The van der Waals surface area contributed by atoms with Gasteiger partial charge < -0.3 is 9.47 Å². The zero-order valence-corrected chi connectivity index (χ0v) is 7.14. The summed E-state index contributed by atoms with van der Waals surface area (Å²) in [7, 11) is 0. The molecule has 1 spiro atoms. The Morgan fingerprint density at radius 1 is 1.36 bits per heavy atom. The van der Waals surface area contributed by atoms with Gasteiger partial charge in [0.1, 0.15) is 0 Å². The molecule has 1 aliphatic carbocycles. The molecule has 0 aromatic carbocycles. The molecule has 0 aromatic heterocycles. The fourth-order valence-corrected chi connectivity index (χ4v) is 2.18. The van der Waals surface area contributed by atoms with Gasteiger partial charge in [-0.3, -0.25) is 0 Å². The lowest BCUT2D eigenvalue weighted by molar-refractivity contribution is -0.152. The summed E-state index contributed by atoms with van der Waals surface area (Å²) < 4.78 is 11.2. The van der Waals surface area contributed by atoms with E-state index in [9.17, 15) is 0 Å². The second kappa shape index (κ2) is 2.76. The van der Waals surface area contributed by atoms with Crippen molar-refractivity contribution in [1.29, 1.82) is 0 Å². The molecule has 2 rings (SSSR count). The van der Waals surface area contributed by atoms with E-state index >= 15 is 0 Å². The third kappa shape index (κ3) is 1.30. The average molecular weight is 156 g/mol. The van der Waals surface area contributed by atoms with E-state index in [1.54, 1.807) is 0 Å². The molecule has 2 aliphatic rings. The van der Waals surface area contributed by atoms with Crippen LogP contribution in [0.4, 0.5) is 0 Å². The first-order valence-electron chi connectivity index (χ1n) is 4.62. The van der Waals surface area contributed by atoms with Gasteiger partial charge >= 0.3 is 0 Å². The largest absolute Gasteiger partial charge is 0.348 e. The van der Waals surface area contributed by atoms with Gasteiger partial charge in [-0.2, -0.15) is 0 Å². The lowest BCUT2D eigenvalue weighted by Crippen LogP contribution is -2.25. The van der Waals surface area contributed by atoms with Crippen LogP contribution in [-0.4, -0.2) is 19.0 Å². The summed E-state index contributed by atoms with van der Waals surface area (Å²) in [5.41, 5.74) is 0. The lowest BCUT2D eigenvalue weighted by Gasteiger charge is -2.21. The quantitative estimate of drug-likeness (QED) is 0.577. The van der Waals surface area contributed by atoms with Crippen LogP contribution in [-0.2, 0) is 9.47 Å². The first-order chi connectivity index (χ1) is 5.35. The van der Waals surface area contributed by atoms with Crippen molar-refractivity contribution in [2.75, 3.05) is 13.2 Å². The Bertz CT molecular complexity index is 138.